The van der Waals surface area contributed by atoms with Crippen LogP contribution in [0.2, 0.25) is 0 Å². The highest BCUT2D eigenvalue weighted by molar-refractivity contribution is 5.85. The van der Waals surface area contributed by atoms with Gasteiger partial charge in [0.25, 0.3) is 5.91 Å². The first kappa shape index (κ1) is 20.6. The normalized spacial score (nSPS) is 19.4. The van der Waals surface area contributed by atoms with Gasteiger partial charge in [-0.2, -0.15) is 13.2 Å². The lowest BCUT2D eigenvalue weighted by atomic mass is 9.97. The van der Waals surface area contributed by atoms with E-state index in [2.05, 4.69) is 0 Å². The molecule has 2 rings (SSSR count). The summed E-state index contributed by atoms with van der Waals surface area (Å²) in [5, 5.41) is 0. The molecule has 0 radical (unpaired) electrons. The number of carbonyl (C=O) groups is 1. The molecule has 0 saturated carbocycles. The van der Waals surface area contributed by atoms with Crippen LogP contribution in [0.1, 0.15) is 31.7 Å². The van der Waals surface area contributed by atoms with E-state index in [1.54, 1.807) is 4.90 Å². The van der Waals surface area contributed by atoms with E-state index >= 15 is 0 Å². The molecule has 24 heavy (non-hydrogen) atoms. The van der Waals surface area contributed by atoms with Crippen LogP contribution < -0.4 is 10.5 Å². The second-order valence-electron chi connectivity index (χ2n) is 5.82. The Morgan fingerprint density at radius 2 is 1.96 bits per heavy atom. The largest absolute Gasteiger partial charge is 0.484 e. The first-order chi connectivity index (χ1) is 10.8. The van der Waals surface area contributed by atoms with Gasteiger partial charge in [0.1, 0.15) is 5.75 Å². The molecule has 2 unspecified atom stereocenters. The van der Waals surface area contributed by atoms with E-state index in [0.29, 0.717) is 6.54 Å². The van der Waals surface area contributed by atoms with Crippen molar-refractivity contribution in [3.05, 3.63) is 29.8 Å². The molecular formula is C16H22ClF3N2O2. The second-order valence-corrected chi connectivity index (χ2v) is 5.82. The SMILES string of the molecule is CC(N)C1CCCCN1C(=O)COc1ccc(C(F)(F)F)cc1.Cl. The van der Waals surface area contributed by atoms with E-state index < -0.39 is 11.7 Å². The molecule has 1 aliphatic heterocycles. The lowest BCUT2D eigenvalue weighted by Crippen LogP contribution is -2.52. The minimum absolute atomic E-state index is 0. The molecule has 1 aromatic carbocycles. The number of rotatable bonds is 4. The maximum atomic E-state index is 12.5. The summed E-state index contributed by atoms with van der Waals surface area (Å²) in [6, 6.07) is 4.18. The van der Waals surface area contributed by atoms with Gasteiger partial charge in [0.05, 0.1) is 5.56 Å². The molecule has 1 saturated heterocycles. The molecule has 2 atom stereocenters. The summed E-state index contributed by atoms with van der Waals surface area (Å²) in [7, 11) is 0. The van der Waals surface area contributed by atoms with Crippen LogP contribution in [-0.2, 0) is 11.0 Å². The van der Waals surface area contributed by atoms with Gasteiger partial charge in [0, 0.05) is 18.6 Å². The predicted molar refractivity (Wildman–Crippen MR) is 87.2 cm³/mol. The average Bonchev–Trinajstić information content (AvgIpc) is 2.52. The number of benzene rings is 1. The quantitative estimate of drug-likeness (QED) is 0.890. The fourth-order valence-corrected chi connectivity index (χ4v) is 2.78. The molecule has 0 bridgehead atoms. The molecule has 0 aromatic heterocycles. The van der Waals surface area contributed by atoms with E-state index in [-0.39, 0.29) is 42.8 Å². The van der Waals surface area contributed by atoms with Gasteiger partial charge in [0.2, 0.25) is 0 Å². The standard InChI is InChI=1S/C16H21F3N2O2.ClH/c1-11(20)14-4-2-3-9-21(14)15(22)10-23-13-7-5-12(6-8-13)16(17,18)19;/h5-8,11,14H,2-4,9-10,20H2,1H3;1H. The van der Waals surface area contributed by atoms with Gasteiger partial charge in [-0.15, -0.1) is 12.4 Å². The van der Waals surface area contributed by atoms with Crippen LogP contribution in [0.5, 0.6) is 5.75 Å². The fourth-order valence-electron chi connectivity index (χ4n) is 2.78. The monoisotopic (exact) mass is 366 g/mol. The Balaban J connectivity index is 0.00000288. The van der Waals surface area contributed by atoms with Gasteiger partial charge < -0.3 is 15.4 Å². The number of hydrogen-bond acceptors (Lipinski definition) is 3. The molecule has 1 amide bonds. The van der Waals surface area contributed by atoms with Crippen molar-refractivity contribution in [1.29, 1.82) is 0 Å². The number of likely N-dealkylation sites (tertiary alicyclic amines) is 1. The van der Waals surface area contributed by atoms with Crippen molar-refractivity contribution in [3.63, 3.8) is 0 Å². The van der Waals surface area contributed by atoms with Crippen molar-refractivity contribution >= 4 is 18.3 Å². The molecular weight excluding hydrogens is 345 g/mol. The minimum Gasteiger partial charge on any atom is -0.484 e. The zero-order valence-corrected chi connectivity index (χ0v) is 14.2. The Kier molecular flexibility index (Phi) is 7.35. The van der Waals surface area contributed by atoms with Gasteiger partial charge in [-0.1, -0.05) is 0 Å². The molecule has 1 heterocycles. The molecule has 1 aliphatic rings. The molecule has 0 aliphatic carbocycles. The van der Waals surface area contributed by atoms with E-state index in [4.69, 9.17) is 10.5 Å². The molecule has 4 nitrogen and oxygen atoms in total. The first-order valence-corrected chi connectivity index (χ1v) is 7.64. The number of alkyl halides is 3. The summed E-state index contributed by atoms with van der Waals surface area (Å²) in [6.07, 6.45) is -1.55. The molecule has 1 fully saturated rings. The number of ether oxygens (including phenoxy) is 1. The number of nitrogens with zero attached hydrogens (tertiary/aromatic N) is 1. The Morgan fingerprint density at radius 3 is 2.50 bits per heavy atom. The van der Waals surface area contributed by atoms with Crippen molar-refractivity contribution in [1.82, 2.24) is 4.90 Å². The second kappa shape index (κ2) is 8.58. The highest BCUT2D eigenvalue weighted by Crippen LogP contribution is 2.30. The zero-order chi connectivity index (χ0) is 17.0. The summed E-state index contributed by atoms with van der Waals surface area (Å²) < 4.78 is 42.8. The predicted octanol–water partition coefficient (Wildman–Crippen LogP) is 3.23. The van der Waals surface area contributed by atoms with Crippen LogP contribution >= 0.6 is 12.4 Å². The zero-order valence-electron chi connectivity index (χ0n) is 13.4. The van der Waals surface area contributed by atoms with Crippen LogP contribution in [0.25, 0.3) is 0 Å². The summed E-state index contributed by atoms with van der Waals surface area (Å²) in [4.78, 5) is 14.0. The molecule has 2 N–H and O–H groups in total. The van der Waals surface area contributed by atoms with E-state index in [0.717, 1.165) is 31.4 Å². The van der Waals surface area contributed by atoms with Gasteiger partial charge in [-0.25, -0.2) is 0 Å². The van der Waals surface area contributed by atoms with Crippen molar-refractivity contribution in [2.75, 3.05) is 13.2 Å². The van der Waals surface area contributed by atoms with Crippen molar-refractivity contribution in [2.45, 2.75) is 44.4 Å². The van der Waals surface area contributed by atoms with Crippen molar-refractivity contribution in [3.8, 4) is 5.75 Å². The van der Waals surface area contributed by atoms with E-state index in [9.17, 15) is 18.0 Å². The van der Waals surface area contributed by atoms with Crippen LogP contribution in [-0.4, -0.2) is 36.0 Å². The maximum absolute atomic E-state index is 12.5. The summed E-state index contributed by atoms with van der Waals surface area (Å²) >= 11 is 0. The van der Waals surface area contributed by atoms with Crippen LogP contribution in [0.4, 0.5) is 13.2 Å². The third kappa shape index (κ3) is 5.27. The van der Waals surface area contributed by atoms with Crippen LogP contribution in [0.3, 0.4) is 0 Å². The number of hydrogen-bond donors (Lipinski definition) is 1. The lowest BCUT2D eigenvalue weighted by molar-refractivity contribution is -0.138. The molecule has 0 spiro atoms. The summed E-state index contributed by atoms with van der Waals surface area (Å²) in [5.41, 5.74) is 5.17. The number of halogens is 4. The lowest BCUT2D eigenvalue weighted by Gasteiger charge is -2.38. The third-order valence-corrected chi connectivity index (χ3v) is 4.02. The average molecular weight is 367 g/mol. The first-order valence-electron chi connectivity index (χ1n) is 7.64. The molecule has 8 heteroatoms. The number of piperidine rings is 1. The van der Waals surface area contributed by atoms with E-state index in [1.165, 1.54) is 12.1 Å². The summed E-state index contributed by atoms with van der Waals surface area (Å²) in [5.74, 6) is 0.0487. The van der Waals surface area contributed by atoms with Crippen molar-refractivity contribution in [2.24, 2.45) is 5.73 Å². The third-order valence-electron chi connectivity index (χ3n) is 4.02. The van der Waals surface area contributed by atoms with Gasteiger partial charge in [-0.3, -0.25) is 4.79 Å². The Hall–Kier alpha value is -1.47. The van der Waals surface area contributed by atoms with Crippen molar-refractivity contribution < 1.29 is 22.7 Å². The minimum atomic E-state index is -4.38. The molecule has 136 valence electrons. The highest BCUT2D eigenvalue weighted by atomic mass is 35.5. The highest BCUT2D eigenvalue weighted by Gasteiger charge is 2.31. The summed E-state index contributed by atoms with van der Waals surface area (Å²) in [6.45, 7) is 2.31. The smallest absolute Gasteiger partial charge is 0.416 e. The van der Waals surface area contributed by atoms with Gasteiger partial charge in [-0.05, 0) is 50.5 Å². The number of carbonyl (C=O) groups excluding carboxylic acids is 1. The maximum Gasteiger partial charge on any atom is 0.416 e. The fraction of sp³-hybridized carbons (Fsp3) is 0.562. The van der Waals surface area contributed by atoms with Crippen LogP contribution in [0, 0.1) is 0 Å². The Bertz CT molecular complexity index is 535. The van der Waals surface area contributed by atoms with Gasteiger partial charge >= 0.3 is 6.18 Å². The van der Waals surface area contributed by atoms with E-state index in [1.807, 2.05) is 6.92 Å². The Morgan fingerprint density at radius 1 is 1.33 bits per heavy atom. The molecule has 1 aromatic rings. The topological polar surface area (TPSA) is 55.6 Å². The number of nitrogens with two attached hydrogens (primary N) is 1. The Labute approximate surface area is 145 Å². The number of amides is 1. The van der Waals surface area contributed by atoms with Gasteiger partial charge in [0.15, 0.2) is 6.61 Å². The van der Waals surface area contributed by atoms with Crippen LogP contribution in [0.15, 0.2) is 24.3 Å².